The molecule has 0 amide bonds. The van der Waals surface area contributed by atoms with E-state index in [0.717, 1.165) is 36.0 Å². The zero-order valence-corrected chi connectivity index (χ0v) is 13.5. The zero-order valence-electron chi connectivity index (χ0n) is 11.9. The average Bonchev–Trinajstić information content (AvgIpc) is 3.07. The summed E-state index contributed by atoms with van der Waals surface area (Å²) in [6.07, 6.45) is 5.82. The minimum absolute atomic E-state index is 0.0755. The van der Waals surface area contributed by atoms with Crippen LogP contribution in [0.4, 0.5) is 5.69 Å². The van der Waals surface area contributed by atoms with Crippen LogP contribution in [0.3, 0.4) is 0 Å². The van der Waals surface area contributed by atoms with Crippen molar-refractivity contribution in [2.75, 3.05) is 18.4 Å². The summed E-state index contributed by atoms with van der Waals surface area (Å²) in [5, 5.41) is 4.73. The minimum Gasteiger partial charge on any atom is -0.379 e. The van der Waals surface area contributed by atoms with Crippen molar-refractivity contribution < 1.29 is 8.42 Å². The lowest BCUT2D eigenvalue weighted by atomic mass is 10.2. The number of hydrogen-bond donors (Lipinski definition) is 2. The lowest BCUT2D eigenvalue weighted by Gasteiger charge is -2.18. The molecule has 2 N–H and O–H groups in total. The van der Waals surface area contributed by atoms with Crippen molar-refractivity contribution in [1.29, 1.82) is 0 Å². The molecule has 3 heterocycles. The van der Waals surface area contributed by atoms with E-state index < -0.39 is 10.0 Å². The van der Waals surface area contributed by atoms with Crippen molar-refractivity contribution >= 4 is 38.3 Å². The van der Waals surface area contributed by atoms with Gasteiger partial charge in [0, 0.05) is 30.7 Å². The van der Waals surface area contributed by atoms with E-state index in [9.17, 15) is 8.42 Å². The lowest BCUT2D eigenvalue weighted by molar-refractivity contribution is 0.473. The van der Waals surface area contributed by atoms with Gasteiger partial charge in [-0.15, -0.1) is 0 Å². The Morgan fingerprint density at radius 1 is 1.36 bits per heavy atom. The molecule has 2 aliphatic rings. The lowest BCUT2D eigenvalue weighted by Crippen LogP contribution is -2.34. The van der Waals surface area contributed by atoms with Gasteiger partial charge in [-0.2, -0.15) is 4.31 Å². The predicted molar refractivity (Wildman–Crippen MR) is 86.6 cm³/mol. The van der Waals surface area contributed by atoms with Gasteiger partial charge in [0.2, 0.25) is 10.0 Å². The molecule has 118 valence electrons. The number of nitrogens with one attached hydrogen (secondary N) is 2. The SMILES string of the molecule is O=S(=O)(C1CC1)N1CC[C@@H](Nc2c(Cl)cnc3[nH]ccc23)C1. The maximum Gasteiger partial charge on any atom is 0.217 e. The molecule has 4 rings (SSSR count). The third kappa shape index (κ3) is 2.37. The second-order valence-electron chi connectivity index (χ2n) is 5.95. The molecule has 1 saturated heterocycles. The fourth-order valence-electron chi connectivity index (χ4n) is 2.99. The highest BCUT2D eigenvalue weighted by Gasteiger charge is 2.42. The van der Waals surface area contributed by atoms with Crippen molar-refractivity contribution in [2.24, 2.45) is 0 Å². The van der Waals surface area contributed by atoms with Gasteiger partial charge < -0.3 is 10.3 Å². The molecule has 8 heteroatoms. The van der Waals surface area contributed by atoms with Gasteiger partial charge in [0.15, 0.2) is 0 Å². The number of sulfonamides is 1. The maximum absolute atomic E-state index is 12.3. The third-order valence-electron chi connectivity index (χ3n) is 4.35. The van der Waals surface area contributed by atoms with Crippen LogP contribution in [0.15, 0.2) is 18.5 Å². The largest absolute Gasteiger partial charge is 0.379 e. The van der Waals surface area contributed by atoms with Crippen LogP contribution in [-0.2, 0) is 10.0 Å². The van der Waals surface area contributed by atoms with Crippen LogP contribution in [0.2, 0.25) is 5.02 Å². The molecule has 0 spiro atoms. The van der Waals surface area contributed by atoms with E-state index in [2.05, 4.69) is 15.3 Å². The first-order chi connectivity index (χ1) is 10.6. The van der Waals surface area contributed by atoms with E-state index in [1.807, 2.05) is 12.3 Å². The summed E-state index contributed by atoms with van der Waals surface area (Å²) in [5.74, 6) is 0. The Kier molecular flexibility index (Phi) is 3.32. The highest BCUT2D eigenvalue weighted by atomic mass is 35.5. The van der Waals surface area contributed by atoms with Crippen LogP contribution < -0.4 is 5.32 Å². The summed E-state index contributed by atoms with van der Waals surface area (Å²) in [5.41, 5.74) is 1.59. The van der Waals surface area contributed by atoms with Crippen molar-refractivity contribution in [3.8, 4) is 0 Å². The van der Waals surface area contributed by atoms with E-state index in [1.54, 1.807) is 10.5 Å². The first kappa shape index (κ1) is 14.3. The number of anilines is 1. The van der Waals surface area contributed by atoms with E-state index in [0.29, 0.717) is 18.1 Å². The standard InChI is InChI=1S/C14H17ClN4O2S/c15-12-7-17-14-11(3-5-16-14)13(12)18-9-4-6-19(8-9)22(20,21)10-1-2-10/h3,5,7,9-10H,1-2,4,6,8H2,(H2,16,17,18)/t9-/m1/s1. The molecule has 1 aliphatic heterocycles. The fraction of sp³-hybridized carbons (Fsp3) is 0.500. The maximum atomic E-state index is 12.3. The molecule has 2 fully saturated rings. The summed E-state index contributed by atoms with van der Waals surface area (Å²) in [6, 6.07) is 2.00. The van der Waals surface area contributed by atoms with E-state index >= 15 is 0 Å². The smallest absolute Gasteiger partial charge is 0.217 e. The molecule has 2 aromatic heterocycles. The average molecular weight is 341 g/mol. The molecule has 1 atom stereocenters. The third-order valence-corrected chi connectivity index (χ3v) is 7.00. The monoisotopic (exact) mass is 340 g/mol. The van der Waals surface area contributed by atoms with Gasteiger partial charge >= 0.3 is 0 Å². The van der Waals surface area contributed by atoms with E-state index in [-0.39, 0.29) is 11.3 Å². The summed E-state index contributed by atoms with van der Waals surface area (Å²) in [4.78, 5) is 7.28. The molecule has 1 aliphatic carbocycles. The van der Waals surface area contributed by atoms with Crippen molar-refractivity contribution in [2.45, 2.75) is 30.6 Å². The normalized spacial score (nSPS) is 23.2. The van der Waals surface area contributed by atoms with E-state index in [4.69, 9.17) is 11.6 Å². The molecule has 1 saturated carbocycles. The van der Waals surface area contributed by atoms with Crippen molar-refractivity contribution in [3.63, 3.8) is 0 Å². The Morgan fingerprint density at radius 3 is 2.95 bits per heavy atom. The summed E-state index contributed by atoms with van der Waals surface area (Å²) >= 11 is 6.25. The van der Waals surface area contributed by atoms with Gasteiger partial charge in [-0.3, -0.25) is 0 Å². The number of fused-ring (bicyclic) bond motifs is 1. The summed E-state index contributed by atoms with van der Waals surface area (Å²) < 4.78 is 26.2. The number of aromatic nitrogens is 2. The number of nitrogens with zero attached hydrogens (tertiary/aromatic N) is 2. The Bertz CT molecular complexity index is 815. The first-order valence-electron chi connectivity index (χ1n) is 7.43. The minimum atomic E-state index is -3.09. The van der Waals surface area contributed by atoms with Gasteiger partial charge in [0.05, 0.1) is 22.2 Å². The molecule has 0 radical (unpaired) electrons. The van der Waals surface area contributed by atoms with Crippen LogP contribution >= 0.6 is 11.6 Å². The summed E-state index contributed by atoms with van der Waals surface area (Å²) in [6.45, 7) is 1.08. The highest BCUT2D eigenvalue weighted by molar-refractivity contribution is 7.90. The summed E-state index contributed by atoms with van der Waals surface area (Å²) in [7, 11) is -3.09. The number of halogens is 1. The van der Waals surface area contributed by atoms with Gasteiger partial charge in [-0.05, 0) is 25.3 Å². The van der Waals surface area contributed by atoms with Crippen LogP contribution in [0.25, 0.3) is 11.0 Å². The number of hydrogen-bond acceptors (Lipinski definition) is 4. The van der Waals surface area contributed by atoms with Crippen LogP contribution in [0.5, 0.6) is 0 Å². The number of pyridine rings is 1. The zero-order chi connectivity index (χ0) is 15.3. The van der Waals surface area contributed by atoms with Gasteiger partial charge in [0.25, 0.3) is 0 Å². The van der Waals surface area contributed by atoms with Crippen LogP contribution in [-0.4, -0.2) is 47.1 Å². The van der Waals surface area contributed by atoms with Crippen molar-refractivity contribution in [3.05, 3.63) is 23.5 Å². The number of aromatic amines is 1. The molecular formula is C14H17ClN4O2S. The Balaban J connectivity index is 1.54. The molecule has 0 bridgehead atoms. The second-order valence-corrected chi connectivity index (χ2v) is 8.57. The predicted octanol–water partition coefficient (Wildman–Crippen LogP) is 2.19. The van der Waals surface area contributed by atoms with Crippen LogP contribution in [0, 0.1) is 0 Å². The Morgan fingerprint density at radius 2 is 2.18 bits per heavy atom. The van der Waals surface area contributed by atoms with Gasteiger partial charge in [-0.1, -0.05) is 11.6 Å². The highest BCUT2D eigenvalue weighted by Crippen LogP contribution is 2.34. The molecule has 6 nitrogen and oxygen atoms in total. The first-order valence-corrected chi connectivity index (χ1v) is 9.31. The molecule has 2 aromatic rings. The molecular weight excluding hydrogens is 324 g/mol. The quantitative estimate of drug-likeness (QED) is 0.894. The fourth-order valence-corrected chi connectivity index (χ4v) is 5.09. The van der Waals surface area contributed by atoms with E-state index in [1.165, 1.54) is 0 Å². The van der Waals surface area contributed by atoms with Crippen molar-refractivity contribution in [1.82, 2.24) is 14.3 Å². The van der Waals surface area contributed by atoms with Gasteiger partial charge in [0.1, 0.15) is 5.65 Å². The Hall–Kier alpha value is -1.31. The van der Waals surface area contributed by atoms with Crippen LogP contribution in [0.1, 0.15) is 19.3 Å². The number of rotatable bonds is 4. The molecule has 0 aromatic carbocycles. The molecule has 22 heavy (non-hydrogen) atoms. The van der Waals surface area contributed by atoms with Gasteiger partial charge in [-0.25, -0.2) is 13.4 Å². The second kappa shape index (κ2) is 5.11. The molecule has 0 unspecified atom stereocenters. The topological polar surface area (TPSA) is 78.1 Å². The Labute approximate surface area is 133 Å². The number of H-pyrrole nitrogens is 1.